The molecule has 0 heterocycles. The van der Waals surface area contributed by atoms with E-state index >= 15 is 0 Å². The molecule has 0 aromatic heterocycles. The number of nitrogens with zero attached hydrogens (tertiary/aromatic N) is 2. The van der Waals surface area contributed by atoms with Crippen LogP contribution in [0.4, 0.5) is 5.69 Å². The van der Waals surface area contributed by atoms with Gasteiger partial charge >= 0.3 is 0 Å². The second-order valence-electron chi connectivity index (χ2n) is 6.14. The van der Waals surface area contributed by atoms with Gasteiger partial charge in [0.1, 0.15) is 17.5 Å². The predicted molar refractivity (Wildman–Crippen MR) is 78.6 cm³/mol. The van der Waals surface area contributed by atoms with Gasteiger partial charge in [-0.15, -0.1) is 0 Å². The van der Waals surface area contributed by atoms with Crippen LogP contribution in [0.25, 0.3) is 0 Å². The molecule has 0 bridgehead atoms. The maximum Gasteiger partial charge on any atom is 0.272 e. The summed E-state index contributed by atoms with van der Waals surface area (Å²) in [5, 5.41) is 19.9. The summed E-state index contributed by atoms with van der Waals surface area (Å²) in [6, 6.07) is 3.91. The van der Waals surface area contributed by atoms with Crippen molar-refractivity contribution < 1.29 is 14.5 Å². The zero-order valence-corrected chi connectivity index (χ0v) is 12.8. The highest BCUT2D eigenvalue weighted by atomic mass is 35.5. The van der Waals surface area contributed by atoms with Crippen molar-refractivity contribution in [2.24, 2.45) is 5.41 Å². The van der Waals surface area contributed by atoms with Gasteiger partial charge in [0, 0.05) is 30.5 Å². The van der Waals surface area contributed by atoms with Crippen molar-refractivity contribution in [1.29, 1.82) is 5.26 Å². The van der Waals surface area contributed by atoms with Crippen LogP contribution in [0.5, 0.6) is 0 Å². The summed E-state index contributed by atoms with van der Waals surface area (Å²) >= 11 is 6.03. The molecule has 0 unspecified atom stereocenters. The van der Waals surface area contributed by atoms with Gasteiger partial charge in [-0.2, -0.15) is 5.26 Å². The quantitative estimate of drug-likeness (QED) is 0.473. The molecule has 1 aromatic rings. The summed E-state index contributed by atoms with van der Waals surface area (Å²) in [5.41, 5.74) is -0.794. The summed E-state index contributed by atoms with van der Waals surface area (Å²) in [6.07, 6.45) is 0.392. The molecule has 0 spiro atoms. The van der Waals surface area contributed by atoms with E-state index in [9.17, 15) is 25.0 Å². The van der Waals surface area contributed by atoms with Crippen molar-refractivity contribution in [3.05, 3.63) is 38.4 Å². The van der Waals surface area contributed by atoms with Crippen LogP contribution in [0.3, 0.4) is 0 Å². The molecule has 1 aliphatic carbocycles. The first kappa shape index (κ1) is 16.1. The molecule has 0 radical (unpaired) electrons. The number of rotatable bonds is 2. The lowest BCUT2D eigenvalue weighted by atomic mass is 9.69. The van der Waals surface area contributed by atoms with Gasteiger partial charge in [0.2, 0.25) is 0 Å². The van der Waals surface area contributed by atoms with Crippen molar-refractivity contribution in [3.63, 3.8) is 0 Å². The number of nitro groups is 1. The first-order valence-electron chi connectivity index (χ1n) is 6.59. The molecule has 0 saturated heterocycles. The highest BCUT2D eigenvalue weighted by Crippen LogP contribution is 2.41. The zero-order chi connectivity index (χ0) is 16.7. The van der Waals surface area contributed by atoms with E-state index < -0.39 is 16.3 Å². The molecule has 2 rings (SSSR count). The normalized spacial score (nSPS) is 18.1. The number of Topliss-reactive ketones (excluding diaryl/α,β-unsaturated/α-hetero) is 2. The van der Waals surface area contributed by atoms with Gasteiger partial charge in [-0.1, -0.05) is 25.4 Å². The summed E-state index contributed by atoms with van der Waals surface area (Å²) in [6.45, 7) is 3.64. The highest BCUT2D eigenvalue weighted by Gasteiger charge is 2.42. The number of nitriles is 1. The van der Waals surface area contributed by atoms with E-state index in [1.807, 2.05) is 13.8 Å². The molecule has 6 nitrogen and oxygen atoms in total. The maximum absolute atomic E-state index is 12.3. The number of hydrogen-bond donors (Lipinski definition) is 0. The van der Waals surface area contributed by atoms with Crippen LogP contribution in [0.15, 0.2) is 12.1 Å². The third-order valence-corrected chi connectivity index (χ3v) is 4.00. The Balaban J connectivity index is 2.58. The maximum atomic E-state index is 12.3. The topological polar surface area (TPSA) is 101 Å². The van der Waals surface area contributed by atoms with E-state index in [4.69, 9.17) is 11.6 Å². The minimum Gasteiger partial charge on any atom is -0.298 e. The SMILES string of the molecule is CC1(C)CC(=O)C(c2c(Cl)cc([N+](=O)[O-])cc2C#N)C(=O)C1. The second kappa shape index (κ2) is 5.50. The number of halogens is 1. The third kappa shape index (κ3) is 2.85. The van der Waals surface area contributed by atoms with Gasteiger partial charge in [-0.05, 0) is 5.41 Å². The number of carbonyl (C=O) groups is 2. The lowest BCUT2D eigenvalue weighted by molar-refractivity contribution is -0.384. The zero-order valence-electron chi connectivity index (χ0n) is 12.1. The smallest absolute Gasteiger partial charge is 0.272 e. The van der Waals surface area contributed by atoms with E-state index in [2.05, 4.69) is 0 Å². The van der Waals surface area contributed by atoms with E-state index in [1.54, 1.807) is 6.07 Å². The van der Waals surface area contributed by atoms with Crippen LogP contribution in [0, 0.1) is 26.9 Å². The molecule has 114 valence electrons. The minimum absolute atomic E-state index is 0.0836. The Bertz CT molecular complexity index is 714. The molecular formula is C15H13ClN2O4. The van der Waals surface area contributed by atoms with E-state index in [-0.39, 0.29) is 46.2 Å². The van der Waals surface area contributed by atoms with E-state index in [1.165, 1.54) is 0 Å². The van der Waals surface area contributed by atoms with Crippen LogP contribution < -0.4 is 0 Å². The summed E-state index contributed by atoms with van der Waals surface area (Å²) < 4.78 is 0. The number of hydrogen-bond acceptors (Lipinski definition) is 5. The number of nitro benzene ring substituents is 1. The van der Waals surface area contributed by atoms with Gasteiger partial charge in [-0.25, -0.2) is 0 Å². The van der Waals surface area contributed by atoms with Crippen molar-refractivity contribution in [3.8, 4) is 6.07 Å². The minimum atomic E-state index is -1.11. The monoisotopic (exact) mass is 320 g/mol. The molecule has 0 amide bonds. The third-order valence-electron chi connectivity index (χ3n) is 3.68. The fourth-order valence-electron chi connectivity index (χ4n) is 2.81. The Morgan fingerprint density at radius 3 is 2.32 bits per heavy atom. The van der Waals surface area contributed by atoms with Crippen molar-refractivity contribution in [2.75, 3.05) is 0 Å². The van der Waals surface area contributed by atoms with Crippen molar-refractivity contribution >= 4 is 28.9 Å². The van der Waals surface area contributed by atoms with Gasteiger partial charge in [0.15, 0.2) is 0 Å². The van der Waals surface area contributed by atoms with Crippen LogP contribution in [-0.4, -0.2) is 16.5 Å². The van der Waals surface area contributed by atoms with Gasteiger partial charge in [0.25, 0.3) is 5.69 Å². The highest BCUT2D eigenvalue weighted by molar-refractivity contribution is 6.32. The van der Waals surface area contributed by atoms with Crippen LogP contribution in [-0.2, 0) is 9.59 Å². The molecule has 0 atom stereocenters. The number of ketones is 2. The summed E-state index contributed by atoms with van der Waals surface area (Å²) in [5.74, 6) is -1.74. The molecular weight excluding hydrogens is 308 g/mol. The van der Waals surface area contributed by atoms with Gasteiger partial charge in [0.05, 0.1) is 21.6 Å². The Morgan fingerprint density at radius 2 is 1.86 bits per heavy atom. The average molecular weight is 321 g/mol. The van der Waals surface area contributed by atoms with Crippen molar-refractivity contribution in [2.45, 2.75) is 32.6 Å². The Kier molecular flexibility index (Phi) is 4.03. The van der Waals surface area contributed by atoms with Gasteiger partial charge in [-0.3, -0.25) is 19.7 Å². The molecule has 1 saturated carbocycles. The predicted octanol–water partition coefficient (Wildman–Crippen LogP) is 3.16. The average Bonchev–Trinajstić information content (AvgIpc) is 2.37. The lowest BCUT2D eigenvalue weighted by Gasteiger charge is -2.32. The standard InChI is InChI=1S/C15H13ClN2O4/c1-15(2)5-11(19)14(12(20)6-15)13-8(7-17)3-9(18(21)22)4-10(13)16/h3-4,14H,5-6H2,1-2H3. The lowest BCUT2D eigenvalue weighted by Crippen LogP contribution is -2.36. The first-order chi connectivity index (χ1) is 10.2. The first-order valence-corrected chi connectivity index (χ1v) is 6.97. The number of carbonyl (C=O) groups excluding carboxylic acids is 2. The molecule has 0 aliphatic heterocycles. The summed E-state index contributed by atoms with van der Waals surface area (Å²) in [7, 11) is 0. The largest absolute Gasteiger partial charge is 0.298 e. The molecule has 22 heavy (non-hydrogen) atoms. The molecule has 0 N–H and O–H groups in total. The van der Waals surface area contributed by atoms with Crippen LogP contribution in [0.1, 0.15) is 43.7 Å². The molecule has 1 aromatic carbocycles. The number of non-ortho nitro benzene ring substituents is 1. The van der Waals surface area contributed by atoms with Crippen molar-refractivity contribution in [1.82, 2.24) is 0 Å². The summed E-state index contributed by atoms with van der Waals surface area (Å²) in [4.78, 5) is 34.8. The Labute approximate surface area is 131 Å². The van der Waals surface area contributed by atoms with Gasteiger partial charge < -0.3 is 0 Å². The number of benzene rings is 1. The van der Waals surface area contributed by atoms with Crippen LogP contribution >= 0.6 is 11.6 Å². The van der Waals surface area contributed by atoms with E-state index in [0.29, 0.717) is 0 Å². The van der Waals surface area contributed by atoms with E-state index in [0.717, 1.165) is 12.1 Å². The molecule has 1 aliphatic rings. The fraction of sp³-hybridized carbons (Fsp3) is 0.400. The Hall–Kier alpha value is -2.26. The molecule has 7 heteroatoms. The fourth-order valence-corrected chi connectivity index (χ4v) is 3.13. The second-order valence-corrected chi connectivity index (χ2v) is 6.55. The molecule has 1 fully saturated rings. The Morgan fingerprint density at radius 1 is 1.32 bits per heavy atom. The van der Waals surface area contributed by atoms with Crippen LogP contribution in [0.2, 0.25) is 5.02 Å².